The number of carbonyl (C=O) groups excluding carboxylic acids is 2. The van der Waals surface area contributed by atoms with Crippen molar-refractivity contribution >= 4 is 17.5 Å². The van der Waals surface area contributed by atoms with Gasteiger partial charge in [-0.25, -0.2) is 0 Å². The smallest absolute Gasteiger partial charge is 0.268 e. The van der Waals surface area contributed by atoms with E-state index in [-0.39, 0.29) is 17.7 Å². The van der Waals surface area contributed by atoms with Crippen LogP contribution in [0.5, 0.6) is 0 Å². The highest BCUT2D eigenvalue weighted by molar-refractivity contribution is 6.01. The maximum atomic E-state index is 13.7. The van der Waals surface area contributed by atoms with Crippen LogP contribution in [0.25, 0.3) is 11.1 Å². The fraction of sp³-hybridized carbons (Fsp3) is 0.452. The van der Waals surface area contributed by atoms with Crippen LogP contribution in [0.15, 0.2) is 48.7 Å². The number of nitrogens with zero attached hydrogens (tertiary/aromatic N) is 3. The predicted molar refractivity (Wildman–Crippen MR) is 152 cm³/mol. The Hall–Kier alpha value is -3.65. The molecule has 3 heterocycles. The summed E-state index contributed by atoms with van der Waals surface area (Å²) >= 11 is 0. The third kappa shape index (κ3) is 5.86. The number of pyridine rings is 1. The quantitative estimate of drug-likeness (QED) is 0.278. The standard InChI is InChI=1S/C31H39N5O3/c1-21-16-17-36(39)22(2)28(21)23-10-12-25(13-11-23)32-31(38)29(24-8-6-4-5-7-9-24)33-30(37)27-15-14-26-20-34(3)18-19-35(26)27/h10-17,24,29H,4-9,18-20H2,1-3H3,(H,32,38)(H,33,37). The summed E-state index contributed by atoms with van der Waals surface area (Å²) in [6, 6.07) is 12.7. The van der Waals surface area contributed by atoms with Crippen molar-refractivity contribution in [3.8, 4) is 11.1 Å². The second kappa shape index (κ2) is 11.6. The monoisotopic (exact) mass is 529 g/mol. The molecule has 2 amide bonds. The highest BCUT2D eigenvalue weighted by atomic mass is 16.5. The minimum Gasteiger partial charge on any atom is -0.618 e. The van der Waals surface area contributed by atoms with E-state index in [0.29, 0.717) is 17.1 Å². The van der Waals surface area contributed by atoms with Crippen molar-refractivity contribution in [1.82, 2.24) is 14.8 Å². The molecule has 0 saturated heterocycles. The average molecular weight is 530 g/mol. The lowest BCUT2D eigenvalue weighted by Crippen LogP contribution is -2.49. The zero-order chi connectivity index (χ0) is 27.5. The maximum absolute atomic E-state index is 13.7. The molecule has 1 aromatic carbocycles. The van der Waals surface area contributed by atoms with Gasteiger partial charge in [0.15, 0.2) is 11.9 Å². The van der Waals surface area contributed by atoms with Crippen LogP contribution in [0.4, 0.5) is 5.69 Å². The lowest BCUT2D eigenvalue weighted by atomic mass is 9.91. The van der Waals surface area contributed by atoms with E-state index in [1.807, 2.05) is 56.3 Å². The molecular weight excluding hydrogens is 490 g/mol. The number of benzene rings is 1. The Morgan fingerprint density at radius 3 is 2.41 bits per heavy atom. The number of amides is 2. The molecule has 1 fully saturated rings. The van der Waals surface area contributed by atoms with E-state index in [9.17, 15) is 14.8 Å². The predicted octanol–water partition coefficient (Wildman–Crippen LogP) is 4.56. The summed E-state index contributed by atoms with van der Waals surface area (Å²) in [6.45, 7) is 6.26. The third-order valence-corrected chi connectivity index (χ3v) is 8.37. The minimum absolute atomic E-state index is 0.0970. The van der Waals surface area contributed by atoms with Gasteiger partial charge in [-0.05, 0) is 68.1 Å². The zero-order valence-electron chi connectivity index (χ0n) is 23.2. The number of aromatic nitrogens is 2. The molecular formula is C31H39N5O3. The Kier molecular flexibility index (Phi) is 8.02. The molecule has 1 unspecified atom stereocenters. The van der Waals surface area contributed by atoms with E-state index in [1.165, 1.54) is 19.0 Å². The number of carbonyl (C=O) groups is 2. The van der Waals surface area contributed by atoms with E-state index in [1.54, 1.807) is 0 Å². The van der Waals surface area contributed by atoms with Crippen LogP contribution in [0, 0.1) is 25.0 Å². The first-order valence-electron chi connectivity index (χ1n) is 14.1. The number of nitrogens with one attached hydrogen (secondary N) is 2. The number of likely N-dealkylation sites (N-methyl/N-ethyl adjacent to an activating group) is 1. The molecule has 39 heavy (non-hydrogen) atoms. The molecule has 1 aliphatic carbocycles. The average Bonchev–Trinajstić information content (AvgIpc) is 3.15. The Morgan fingerprint density at radius 2 is 1.69 bits per heavy atom. The Labute approximate surface area is 230 Å². The van der Waals surface area contributed by atoms with Gasteiger partial charge in [-0.15, -0.1) is 0 Å². The second-order valence-electron chi connectivity index (χ2n) is 11.2. The molecule has 2 N–H and O–H groups in total. The Bertz CT molecular complexity index is 1340. The van der Waals surface area contributed by atoms with Crippen molar-refractivity contribution in [2.75, 3.05) is 18.9 Å². The molecule has 206 valence electrons. The highest BCUT2D eigenvalue weighted by Gasteiger charge is 2.32. The third-order valence-electron chi connectivity index (χ3n) is 8.37. The molecule has 8 heteroatoms. The second-order valence-corrected chi connectivity index (χ2v) is 11.2. The van der Waals surface area contributed by atoms with Crippen LogP contribution in [0.1, 0.15) is 66.0 Å². The summed E-state index contributed by atoms with van der Waals surface area (Å²) < 4.78 is 2.95. The van der Waals surface area contributed by atoms with Gasteiger partial charge < -0.3 is 20.4 Å². The summed E-state index contributed by atoms with van der Waals surface area (Å²) in [7, 11) is 2.08. The van der Waals surface area contributed by atoms with Crippen molar-refractivity contribution in [1.29, 1.82) is 0 Å². The van der Waals surface area contributed by atoms with Gasteiger partial charge in [-0.2, -0.15) is 4.73 Å². The van der Waals surface area contributed by atoms with Crippen molar-refractivity contribution in [3.63, 3.8) is 0 Å². The molecule has 1 atom stereocenters. The van der Waals surface area contributed by atoms with Crippen LogP contribution in [0.3, 0.4) is 0 Å². The molecule has 0 radical (unpaired) electrons. The van der Waals surface area contributed by atoms with Crippen molar-refractivity contribution in [2.45, 2.75) is 71.5 Å². The summed E-state index contributed by atoms with van der Waals surface area (Å²) in [4.78, 5) is 29.4. The number of hydrogen-bond donors (Lipinski definition) is 2. The van der Waals surface area contributed by atoms with E-state index >= 15 is 0 Å². The first-order chi connectivity index (χ1) is 18.8. The van der Waals surface area contributed by atoms with E-state index in [2.05, 4.69) is 27.1 Å². The van der Waals surface area contributed by atoms with Crippen LogP contribution < -0.4 is 15.4 Å². The minimum atomic E-state index is -0.606. The number of anilines is 1. The van der Waals surface area contributed by atoms with Crippen LogP contribution >= 0.6 is 0 Å². The van der Waals surface area contributed by atoms with Gasteiger partial charge in [0.05, 0.1) is 5.56 Å². The van der Waals surface area contributed by atoms with Crippen LogP contribution in [0.2, 0.25) is 0 Å². The van der Waals surface area contributed by atoms with E-state index in [0.717, 1.165) is 72.4 Å². The summed E-state index contributed by atoms with van der Waals surface area (Å²) in [5.74, 6) is -0.274. The summed E-state index contributed by atoms with van der Waals surface area (Å²) in [5.41, 5.74) is 5.89. The molecule has 1 aliphatic heterocycles. The Balaban J connectivity index is 1.35. The lowest BCUT2D eigenvalue weighted by Gasteiger charge is -2.28. The first-order valence-corrected chi connectivity index (χ1v) is 14.1. The van der Waals surface area contributed by atoms with E-state index in [4.69, 9.17) is 0 Å². The van der Waals surface area contributed by atoms with Gasteiger partial charge >= 0.3 is 0 Å². The van der Waals surface area contributed by atoms with Gasteiger partial charge in [0, 0.05) is 44.0 Å². The Morgan fingerprint density at radius 1 is 0.974 bits per heavy atom. The van der Waals surface area contributed by atoms with Crippen LogP contribution in [-0.4, -0.2) is 40.9 Å². The van der Waals surface area contributed by atoms with Gasteiger partial charge in [0.2, 0.25) is 5.91 Å². The summed E-state index contributed by atoms with van der Waals surface area (Å²) in [6.07, 6.45) is 7.85. The fourth-order valence-electron chi connectivity index (χ4n) is 6.14. The molecule has 8 nitrogen and oxygen atoms in total. The zero-order valence-corrected chi connectivity index (χ0v) is 23.2. The largest absolute Gasteiger partial charge is 0.618 e. The molecule has 0 bridgehead atoms. The summed E-state index contributed by atoms with van der Waals surface area (Å²) in [5, 5.41) is 18.3. The number of rotatable bonds is 6. The molecule has 5 rings (SSSR count). The first kappa shape index (κ1) is 26.9. The van der Waals surface area contributed by atoms with Gasteiger partial charge in [-0.3, -0.25) is 14.5 Å². The highest BCUT2D eigenvalue weighted by Crippen LogP contribution is 2.29. The van der Waals surface area contributed by atoms with Crippen molar-refractivity contribution < 1.29 is 14.3 Å². The topological polar surface area (TPSA) is 93.3 Å². The number of fused-ring (bicyclic) bond motifs is 1. The molecule has 1 saturated carbocycles. The molecule has 0 spiro atoms. The maximum Gasteiger partial charge on any atom is 0.268 e. The number of aryl methyl sites for hydroxylation is 1. The van der Waals surface area contributed by atoms with E-state index < -0.39 is 6.04 Å². The normalized spacial score (nSPS) is 17.2. The number of hydrogen-bond acceptors (Lipinski definition) is 4. The lowest BCUT2D eigenvalue weighted by molar-refractivity contribution is -0.611. The van der Waals surface area contributed by atoms with Gasteiger partial charge in [-0.1, -0.05) is 37.8 Å². The molecule has 2 aliphatic rings. The van der Waals surface area contributed by atoms with Gasteiger partial charge in [0.25, 0.3) is 5.91 Å². The van der Waals surface area contributed by atoms with Gasteiger partial charge in [0.1, 0.15) is 11.7 Å². The fourth-order valence-corrected chi connectivity index (χ4v) is 6.14. The van der Waals surface area contributed by atoms with Crippen molar-refractivity contribution in [2.24, 2.45) is 5.92 Å². The van der Waals surface area contributed by atoms with Crippen LogP contribution in [-0.2, 0) is 17.9 Å². The molecule has 3 aromatic rings. The van der Waals surface area contributed by atoms with Crippen molar-refractivity contribution in [3.05, 3.63) is 76.5 Å². The SMILES string of the molecule is Cc1cc[n+]([O-])c(C)c1-c1ccc(NC(=O)C(NC(=O)c2ccc3n2CCN(C)C3)C2CCCCCC2)cc1. The molecule has 2 aromatic heterocycles.